The van der Waals surface area contributed by atoms with E-state index < -0.39 is 6.04 Å². The molecule has 7 heteroatoms. The van der Waals surface area contributed by atoms with Gasteiger partial charge in [0.2, 0.25) is 11.8 Å². The fourth-order valence-corrected chi connectivity index (χ4v) is 3.85. The van der Waals surface area contributed by atoms with Gasteiger partial charge in [-0.05, 0) is 29.0 Å². The van der Waals surface area contributed by atoms with Crippen molar-refractivity contribution in [1.29, 1.82) is 0 Å². The monoisotopic (exact) mass is 417 g/mol. The van der Waals surface area contributed by atoms with Crippen LogP contribution in [0.3, 0.4) is 0 Å². The van der Waals surface area contributed by atoms with Gasteiger partial charge in [0.1, 0.15) is 11.8 Å². The second kappa shape index (κ2) is 8.87. The van der Waals surface area contributed by atoms with Gasteiger partial charge in [0, 0.05) is 18.7 Å². The van der Waals surface area contributed by atoms with E-state index in [-0.39, 0.29) is 24.1 Å². The summed E-state index contributed by atoms with van der Waals surface area (Å²) in [4.78, 5) is 40.2. The Morgan fingerprint density at radius 1 is 1.06 bits per heavy atom. The zero-order chi connectivity index (χ0) is 21.8. The third kappa shape index (κ3) is 4.21. The maximum Gasteiger partial charge on any atom is 0.255 e. The van der Waals surface area contributed by atoms with Crippen molar-refractivity contribution in [3.05, 3.63) is 72.3 Å². The molecule has 0 bridgehead atoms. The molecule has 1 atom stereocenters. The number of methoxy groups -OCH3 is 1. The third-order valence-electron chi connectivity index (χ3n) is 5.37. The van der Waals surface area contributed by atoms with E-state index >= 15 is 0 Å². The molecule has 2 N–H and O–H groups in total. The number of rotatable bonds is 5. The van der Waals surface area contributed by atoms with Crippen LogP contribution < -0.4 is 15.4 Å². The van der Waals surface area contributed by atoms with Crippen LogP contribution in [0.25, 0.3) is 10.8 Å². The van der Waals surface area contributed by atoms with Gasteiger partial charge in [-0.15, -0.1) is 0 Å². The van der Waals surface area contributed by atoms with Crippen LogP contribution in [0.15, 0.2) is 66.7 Å². The van der Waals surface area contributed by atoms with Crippen LogP contribution >= 0.6 is 0 Å². The summed E-state index contributed by atoms with van der Waals surface area (Å²) in [6.07, 6.45) is -0.152. The van der Waals surface area contributed by atoms with Crippen LogP contribution in [0, 0.1) is 0 Å². The van der Waals surface area contributed by atoms with Gasteiger partial charge < -0.3 is 20.3 Å². The van der Waals surface area contributed by atoms with E-state index in [1.807, 2.05) is 36.4 Å². The maximum atomic E-state index is 13.4. The Hall–Kier alpha value is -3.87. The topological polar surface area (TPSA) is 87.7 Å². The Labute approximate surface area is 180 Å². The molecule has 1 aliphatic rings. The molecule has 31 heavy (non-hydrogen) atoms. The molecule has 0 saturated carbocycles. The number of nitrogens with one attached hydrogen (secondary N) is 2. The normalized spacial score (nSPS) is 16.0. The van der Waals surface area contributed by atoms with Gasteiger partial charge in [-0.25, -0.2) is 0 Å². The van der Waals surface area contributed by atoms with Crippen LogP contribution in [0.5, 0.6) is 5.75 Å². The Morgan fingerprint density at radius 3 is 2.65 bits per heavy atom. The molecular formula is C24H23N3O4. The highest BCUT2D eigenvalue weighted by atomic mass is 16.5. The number of carbonyl (C=O) groups excluding carboxylic acids is 3. The standard InChI is InChI=1S/C24H23N3O4/c1-31-21-12-5-4-11-19(21)26-22(28)15-20-23(29)25-13-14-27(20)24(30)18-10-6-8-16-7-2-3-9-17(16)18/h2-12,20H,13-15H2,1H3,(H,25,29)(H,26,28)/t20-/m1/s1. The van der Waals surface area contributed by atoms with Crippen LogP contribution in [-0.2, 0) is 9.59 Å². The number of nitrogens with zero attached hydrogens (tertiary/aromatic N) is 1. The molecule has 3 amide bonds. The second-order valence-electron chi connectivity index (χ2n) is 7.28. The highest BCUT2D eigenvalue weighted by Crippen LogP contribution is 2.25. The maximum absolute atomic E-state index is 13.4. The minimum atomic E-state index is -0.894. The van der Waals surface area contributed by atoms with E-state index in [0.717, 1.165) is 10.8 Å². The molecule has 0 spiro atoms. The van der Waals surface area contributed by atoms with Gasteiger partial charge >= 0.3 is 0 Å². The summed E-state index contributed by atoms with van der Waals surface area (Å²) in [5, 5.41) is 7.30. The molecule has 158 valence electrons. The summed E-state index contributed by atoms with van der Waals surface area (Å²) in [5.41, 5.74) is 1.03. The zero-order valence-electron chi connectivity index (χ0n) is 17.1. The van der Waals surface area contributed by atoms with Gasteiger partial charge in [-0.3, -0.25) is 14.4 Å². The fraction of sp³-hybridized carbons (Fsp3) is 0.208. The molecule has 3 aromatic carbocycles. The summed E-state index contributed by atoms with van der Waals surface area (Å²) in [5.74, 6) is -0.452. The number of hydrogen-bond donors (Lipinski definition) is 2. The minimum absolute atomic E-state index is 0.152. The summed E-state index contributed by atoms with van der Waals surface area (Å²) in [7, 11) is 1.52. The summed E-state index contributed by atoms with van der Waals surface area (Å²) < 4.78 is 5.26. The lowest BCUT2D eigenvalue weighted by molar-refractivity contribution is -0.131. The van der Waals surface area contributed by atoms with Crippen molar-refractivity contribution in [2.24, 2.45) is 0 Å². The summed E-state index contributed by atoms with van der Waals surface area (Å²) in [6, 6.07) is 19.3. The van der Waals surface area contributed by atoms with Crippen molar-refractivity contribution in [3.63, 3.8) is 0 Å². The molecule has 1 aliphatic heterocycles. The Morgan fingerprint density at radius 2 is 1.81 bits per heavy atom. The van der Waals surface area contributed by atoms with Gasteiger partial charge in [0.15, 0.2) is 0 Å². The molecule has 0 radical (unpaired) electrons. The molecular weight excluding hydrogens is 394 g/mol. The quantitative estimate of drug-likeness (QED) is 0.668. The third-order valence-corrected chi connectivity index (χ3v) is 5.37. The summed E-state index contributed by atoms with van der Waals surface area (Å²) in [6.45, 7) is 0.681. The molecule has 7 nitrogen and oxygen atoms in total. The SMILES string of the molecule is COc1ccccc1NC(=O)C[C@@H]1C(=O)NCCN1C(=O)c1cccc2ccccc12. The number of para-hydroxylation sites is 2. The molecule has 0 unspecified atom stereocenters. The van der Waals surface area contributed by atoms with Crippen molar-refractivity contribution < 1.29 is 19.1 Å². The van der Waals surface area contributed by atoms with Crippen molar-refractivity contribution >= 4 is 34.2 Å². The molecule has 0 aliphatic carbocycles. The number of amides is 3. The average molecular weight is 417 g/mol. The van der Waals surface area contributed by atoms with Crippen LogP contribution in [0.1, 0.15) is 16.8 Å². The van der Waals surface area contributed by atoms with Gasteiger partial charge in [-0.1, -0.05) is 48.5 Å². The molecule has 1 fully saturated rings. The van der Waals surface area contributed by atoms with E-state index in [0.29, 0.717) is 30.1 Å². The van der Waals surface area contributed by atoms with Crippen LogP contribution in [0.4, 0.5) is 5.69 Å². The Balaban J connectivity index is 1.57. The van der Waals surface area contributed by atoms with Gasteiger partial charge in [0.05, 0.1) is 19.2 Å². The Kier molecular flexibility index (Phi) is 5.84. The van der Waals surface area contributed by atoms with E-state index in [9.17, 15) is 14.4 Å². The number of fused-ring (bicyclic) bond motifs is 1. The lowest BCUT2D eigenvalue weighted by Gasteiger charge is -2.35. The zero-order valence-corrected chi connectivity index (χ0v) is 17.1. The molecule has 3 aromatic rings. The van der Waals surface area contributed by atoms with Crippen molar-refractivity contribution in [3.8, 4) is 5.75 Å². The lowest BCUT2D eigenvalue weighted by atomic mass is 10.0. The Bertz CT molecular complexity index is 1140. The van der Waals surface area contributed by atoms with Gasteiger partial charge in [-0.2, -0.15) is 0 Å². The molecule has 4 rings (SSSR count). The van der Waals surface area contributed by atoms with E-state index in [4.69, 9.17) is 4.74 Å². The smallest absolute Gasteiger partial charge is 0.255 e. The number of piperazine rings is 1. The number of anilines is 1. The number of benzene rings is 3. The number of carbonyl (C=O) groups is 3. The van der Waals surface area contributed by atoms with Gasteiger partial charge in [0.25, 0.3) is 5.91 Å². The second-order valence-corrected chi connectivity index (χ2v) is 7.28. The predicted octanol–water partition coefficient (Wildman–Crippen LogP) is 2.82. The van der Waals surface area contributed by atoms with Crippen molar-refractivity contribution in [2.45, 2.75) is 12.5 Å². The lowest BCUT2D eigenvalue weighted by Crippen LogP contribution is -2.58. The number of hydrogen-bond acceptors (Lipinski definition) is 4. The van der Waals surface area contributed by atoms with Crippen LogP contribution in [-0.4, -0.2) is 48.9 Å². The van der Waals surface area contributed by atoms with Crippen molar-refractivity contribution in [2.75, 3.05) is 25.5 Å². The molecule has 0 aromatic heterocycles. The predicted molar refractivity (Wildman–Crippen MR) is 118 cm³/mol. The molecule has 1 heterocycles. The van der Waals surface area contributed by atoms with Crippen LogP contribution in [0.2, 0.25) is 0 Å². The first-order valence-electron chi connectivity index (χ1n) is 10.1. The van der Waals surface area contributed by atoms with E-state index in [2.05, 4.69) is 10.6 Å². The fourth-order valence-electron chi connectivity index (χ4n) is 3.85. The van der Waals surface area contributed by atoms with E-state index in [1.165, 1.54) is 12.0 Å². The highest BCUT2D eigenvalue weighted by Gasteiger charge is 2.35. The average Bonchev–Trinajstić information content (AvgIpc) is 2.80. The first-order valence-corrected chi connectivity index (χ1v) is 10.1. The van der Waals surface area contributed by atoms with Crippen molar-refractivity contribution in [1.82, 2.24) is 10.2 Å². The number of ether oxygens (including phenoxy) is 1. The first kappa shape index (κ1) is 20.4. The summed E-state index contributed by atoms with van der Waals surface area (Å²) >= 11 is 0. The molecule has 1 saturated heterocycles. The largest absolute Gasteiger partial charge is 0.495 e. The highest BCUT2D eigenvalue weighted by molar-refractivity contribution is 6.09. The van der Waals surface area contributed by atoms with E-state index in [1.54, 1.807) is 30.3 Å². The minimum Gasteiger partial charge on any atom is -0.495 e. The first-order chi connectivity index (χ1) is 15.1.